The zero-order valence-electron chi connectivity index (χ0n) is 13.1. The normalized spacial score (nSPS) is 19.2. The number of rotatable bonds is 9. The summed E-state index contributed by atoms with van der Waals surface area (Å²) >= 11 is 0. The number of aryl methyl sites for hydroxylation is 1. The van der Waals surface area contributed by atoms with Crippen LogP contribution in [0.1, 0.15) is 30.1 Å². The molecule has 0 radical (unpaired) electrons. The van der Waals surface area contributed by atoms with Gasteiger partial charge < -0.3 is 25.0 Å². The molecule has 22 heavy (non-hydrogen) atoms. The van der Waals surface area contributed by atoms with Crippen LogP contribution in [-0.4, -0.2) is 60.9 Å². The number of benzene rings is 1. The maximum absolute atomic E-state index is 10.1. The fourth-order valence-electron chi connectivity index (χ4n) is 3.15. The number of aliphatic hydroxyl groups excluding tert-OH is 3. The third-order valence-corrected chi connectivity index (χ3v) is 4.26. The second kappa shape index (κ2) is 9.22. The summed E-state index contributed by atoms with van der Waals surface area (Å²) in [4.78, 5) is 0.991. The lowest BCUT2D eigenvalue weighted by atomic mass is 9.89. The molecule has 1 aromatic carbocycles. The summed E-state index contributed by atoms with van der Waals surface area (Å²) in [6, 6.07) is 8.35. The molecule has 124 valence electrons. The van der Waals surface area contributed by atoms with Gasteiger partial charge in [-0.1, -0.05) is 24.3 Å². The van der Waals surface area contributed by atoms with Gasteiger partial charge in [-0.2, -0.15) is 0 Å². The number of aliphatic hydroxyl groups is 3. The molecule has 0 aliphatic heterocycles. The smallest absolute Gasteiger partial charge is 0.126 e. The maximum Gasteiger partial charge on any atom is 0.126 e. The van der Waals surface area contributed by atoms with E-state index in [4.69, 9.17) is 14.9 Å². The first-order chi connectivity index (χ1) is 10.7. The standard InChI is InChI=1S/C17H27NO4/c19-10-8-18(9-11-20)12-15(21)13-22-17-7-3-5-14-4-1-2-6-16(14)17/h1-2,4,6,15,17,19-21H,3,5,7-13H2/p+1/t15-,17+/m0/s1. The molecule has 1 aromatic rings. The van der Waals surface area contributed by atoms with Gasteiger partial charge in [0.15, 0.2) is 0 Å². The van der Waals surface area contributed by atoms with E-state index in [1.807, 2.05) is 6.07 Å². The molecule has 0 spiro atoms. The molecule has 5 nitrogen and oxygen atoms in total. The van der Waals surface area contributed by atoms with Gasteiger partial charge in [0.2, 0.25) is 0 Å². The molecule has 0 aromatic heterocycles. The second-order valence-electron chi connectivity index (χ2n) is 5.97. The van der Waals surface area contributed by atoms with Crippen LogP contribution in [0.15, 0.2) is 24.3 Å². The summed E-state index contributed by atoms with van der Waals surface area (Å²) in [5.74, 6) is 0. The number of fused-ring (bicyclic) bond motifs is 1. The molecule has 0 fully saturated rings. The van der Waals surface area contributed by atoms with Crippen molar-refractivity contribution >= 4 is 0 Å². The summed E-state index contributed by atoms with van der Waals surface area (Å²) in [5.41, 5.74) is 2.59. The van der Waals surface area contributed by atoms with Gasteiger partial charge in [-0.15, -0.1) is 0 Å². The molecule has 0 amide bonds. The average molecular weight is 310 g/mol. The van der Waals surface area contributed by atoms with Gasteiger partial charge in [-0.05, 0) is 30.4 Å². The van der Waals surface area contributed by atoms with E-state index in [1.165, 1.54) is 11.1 Å². The van der Waals surface area contributed by atoms with Crippen LogP contribution < -0.4 is 4.90 Å². The summed E-state index contributed by atoms with van der Waals surface area (Å²) in [5, 5.41) is 28.2. The van der Waals surface area contributed by atoms with Crippen LogP contribution in [0.5, 0.6) is 0 Å². The molecule has 0 saturated carbocycles. The highest BCUT2D eigenvalue weighted by Gasteiger charge is 2.22. The molecule has 2 atom stereocenters. The fraction of sp³-hybridized carbons (Fsp3) is 0.647. The molecule has 0 heterocycles. The predicted octanol–water partition coefficient (Wildman–Crippen LogP) is -0.689. The lowest BCUT2D eigenvalue weighted by molar-refractivity contribution is -0.904. The van der Waals surface area contributed by atoms with E-state index >= 15 is 0 Å². The first-order valence-electron chi connectivity index (χ1n) is 8.17. The first kappa shape index (κ1) is 17.4. The summed E-state index contributed by atoms with van der Waals surface area (Å²) in [6.07, 6.45) is 2.70. The Hall–Kier alpha value is -0.980. The van der Waals surface area contributed by atoms with Gasteiger partial charge in [-0.3, -0.25) is 0 Å². The Morgan fingerprint density at radius 3 is 2.64 bits per heavy atom. The van der Waals surface area contributed by atoms with Crippen molar-refractivity contribution < 1.29 is 25.0 Å². The van der Waals surface area contributed by atoms with Gasteiger partial charge in [0.25, 0.3) is 0 Å². The highest BCUT2D eigenvalue weighted by atomic mass is 16.5. The molecule has 1 aliphatic carbocycles. The molecule has 0 bridgehead atoms. The Morgan fingerprint density at radius 1 is 1.18 bits per heavy atom. The SMILES string of the molecule is OCC[NH+](CCO)C[C@H](O)CO[C@@H]1CCCc2ccccc21. The first-order valence-corrected chi connectivity index (χ1v) is 8.17. The minimum Gasteiger partial charge on any atom is -0.391 e. The van der Waals surface area contributed by atoms with Crippen molar-refractivity contribution in [2.45, 2.75) is 31.5 Å². The molecule has 0 unspecified atom stereocenters. The Balaban J connectivity index is 1.82. The van der Waals surface area contributed by atoms with Gasteiger partial charge in [0.1, 0.15) is 25.7 Å². The quantitative estimate of drug-likeness (QED) is 0.487. The van der Waals surface area contributed by atoms with E-state index in [2.05, 4.69) is 18.2 Å². The Morgan fingerprint density at radius 2 is 1.91 bits per heavy atom. The minimum absolute atomic E-state index is 0.0545. The van der Waals surface area contributed by atoms with Gasteiger partial charge in [-0.25, -0.2) is 0 Å². The van der Waals surface area contributed by atoms with Crippen molar-refractivity contribution in [3.8, 4) is 0 Å². The topological polar surface area (TPSA) is 74.4 Å². The lowest BCUT2D eigenvalue weighted by Crippen LogP contribution is -3.14. The monoisotopic (exact) mass is 310 g/mol. The van der Waals surface area contributed by atoms with E-state index < -0.39 is 6.10 Å². The van der Waals surface area contributed by atoms with E-state index in [-0.39, 0.29) is 19.3 Å². The van der Waals surface area contributed by atoms with Crippen LogP contribution in [0, 0.1) is 0 Å². The van der Waals surface area contributed by atoms with Crippen molar-refractivity contribution in [2.75, 3.05) is 39.5 Å². The number of ether oxygens (including phenoxy) is 1. The minimum atomic E-state index is -0.581. The zero-order chi connectivity index (χ0) is 15.8. The van der Waals surface area contributed by atoms with E-state index in [0.717, 1.165) is 24.2 Å². The Labute approximate surface area is 132 Å². The number of hydrogen-bond acceptors (Lipinski definition) is 4. The third-order valence-electron chi connectivity index (χ3n) is 4.26. The van der Waals surface area contributed by atoms with Gasteiger partial charge in [0, 0.05) is 0 Å². The van der Waals surface area contributed by atoms with Crippen LogP contribution in [-0.2, 0) is 11.2 Å². The lowest BCUT2D eigenvalue weighted by Gasteiger charge is -2.27. The molecule has 5 heteroatoms. The van der Waals surface area contributed by atoms with Crippen molar-refractivity contribution in [1.82, 2.24) is 0 Å². The maximum atomic E-state index is 10.1. The van der Waals surface area contributed by atoms with E-state index in [9.17, 15) is 5.11 Å². The van der Waals surface area contributed by atoms with Crippen LogP contribution in [0.25, 0.3) is 0 Å². The van der Waals surface area contributed by atoms with Crippen LogP contribution >= 0.6 is 0 Å². The van der Waals surface area contributed by atoms with Crippen molar-refractivity contribution in [3.63, 3.8) is 0 Å². The molecular formula is C17H28NO4+. The molecule has 2 rings (SSSR count). The second-order valence-corrected chi connectivity index (χ2v) is 5.97. The largest absolute Gasteiger partial charge is 0.391 e. The van der Waals surface area contributed by atoms with E-state index in [1.54, 1.807) is 0 Å². The number of quaternary nitrogens is 1. The Bertz CT molecular complexity index is 434. The van der Waals surface area contributed by atoms with Crippen LogP contribution in [0.3, 0.4) is 0 Å². The van der Waals surface area contributed by atoms with Crippen molar-refractivity contribution in [3.05, 3.63) is 35.4 Å². The summed E-state index contributed by atoms with van der Waals surface area (Å²) in [6.45, 7) is 1.94. The molecule has 1 aliphatic rings. The average Bonchev–Trinajstić information content (AvgIpc) is 2.53. The number of nitrogens with one attached hydrogen (secondary N) is 1. The molecular weight excluding hydrogens is 282 g/mol. The molecule has 4 N–H and O–H groups in total. The summed E-state index contributed by atoms with van der Waals surface area (Å²) < 4.78 is 5.94. The third kappa shape index (κ3) is 5.04. The van der Waals surface area contributed by atoms with Crippen molar-refractivity contribution in [1.29, 1.82) is 0 Å². The zero-order valence-corrected chi connectivity index (χ0v) is 13.1. The number of hydrogen-bond donors (Lipinski definition) is 4. The summed E-state index contributed by atoms with van der Waals surface area (Å²) in [7, 11) is 0. The fourth-order valence-corrected chi connectivity index (χ4v) is 3.15. The van der Waals surface area contributed by atoms with Gasteiger partial charge in [0.05, 0.1) is 25.9 Å². The molecule has 0 saturated heterocycles. The predicted molar refractivity (Wildman–Crippen MR) is 83.8 cm³/mol. The highest BCUT2D eigenvalue weighted by molar-refractivity contribution is 5.31. The van der Waals surface area contributed by atoms with Gasteiger partial charge >= 0.3 is 0 Å². The van der Waals surface area contributed by atoms with Crippen molar-refractivity contribution in [2.24, 2.45) is 0 Å². The van der Waals surface area contributed by atoms with Crippen LogP contribution in [0.2, 0.25) is 0 Å². The highest BCUT2D eigenvalue weighted by Crippen LogP contribution is 2.32. The van der Waals surface area contributed by atoms with Crippen LogP contribution in [0.4, 0.5) is 0 Å². The Kier molecular flexibility index (Phi) is 7.29. The van der Waals surface area contributed by atoms with E-state index in [0.29, 0.717) is 26.2 Å².